The maximum absolute atomic E-state index is 10.8. The molecule has 0 fully saturated rings. The molecule has 2 aromatic rings. The van der Waals surface area contributed by atoms with E-state index in [0.717, 1.165) is 5.56 Å². The predicted octanol–water partition coefficient (Wildman–Crippen LogP) is 2.23. The molecule has 0 atom stereocenters. The van der Waals surface area contributed by atoms with Crippen LogP contribution in [0.2, 0.25) is 0 Å². The lowest BCUT2D eigenvalue weighted by Crippen LogP contribution is -2.00. The van der Waals surface area contributed by atoms with Crippen molar-refractivity contribution in [1.82, 2.24) is 9.97 Å². The van der Waals surface area contributed by atoms with Crippen molar-refractivity contribution >= 4 is 17.6 Å². The van der Waals surface area contributed by atoms with Gasteiger partial charge in [-0.1, -0.05) is 6.07 Å². The first-order valence-electron chi connectivity index (χ1n) is 5.04. The minimum absolute atomic E-state index is 0.224. The molecule has 0 spiro atoms. The van der Waals surface area contributed by atoms with Gasteiger partial charge in [0.05, 0.1) is 5.56 Å². The largest absolute Gasteiger partial charge is 0.478 e. The number of aryl methyl sites for hydroxylation is 1. The second-order valence-electron chi connectivity index (χ2n) is 3.59. The first-order chi connectivity index (χ1) is 8.15. The molecule has 0 unspecified atom stereocenters. The Morgan fingerprint density at radius 3 is 2.65 bits per heavy atom. The third-order valence-electron chi connectivity index (χ3n) is 2.15. The molecule has 0 aliphatic carbocycles. The number of aromatic carboxylic acids is 1. The van der Waals surface area contributed by atoms with E-state index in [-0.39, 0.29) is 5.56 Å². The van der Waals surface area contributed by atoms with E-state index in [2.05, 4.69) is 15.3 Å². The number of carbonyl (C=O) groups is 1. The highest BCUT2D eigenvalue weighted by molar-refractivity contribution is 5.88. The molecule has 0 radical (unpaired) electrons. The Labute approximate surface area is 98.2 Å². The molecule has 1 aromatic heterocycles. The van der Waals surface area contributed by atoms with E-state index in [1.165, 1.54) is 12.1 Å². The van der Waals surface area contributed by atoms with Gasteiger partial charge in [-0.25, -0.2) is 14.8 Å². The van der Waals surface area contributed by atoms with Crippen molar-refractivity contribution in [2.24, 2.45) is 0 Å². The van der Waals surface area contributed by atoms with E-state index in [0.29, 0.717) is 11.6 Å². The highest BCUT2D eigenvalue weighted by atomic mass is 16.4. The lowest BCUT2D eigenvalue weighted by Gasteiger charge is -2.05. The molecular weight excluding hydrogens is 218 g/mol. The fraction of sp³-hybridized carbons (Fsp3) is 0.0833. The average Bonchev–Trinajstić information content (AvgIpc) is 2.32. The molecule has 0 aliphatic rings. The van der Waals surface area contributed by atoms with Crippen LogP contribution < -0.4 is 5.32 Å². The fourth-order valence-electron chi connectivity index (χ4n) is 1.32. The van der Waals surface area contributed by atoms with E-state index in [1.807, 2.05) is 6.92 Å². The molecule has 1 aromatic carbocycles. The monoisotopic (exact) mass is 229 g/mol. The molecule has 0 aliphatic heterocycles. The number of nitrogens with one attached hydrogen (secondary N) is 1. The first-order valence-corrected chi connectivity index (χ1v) is 5.04. The second-order valence-corrected chi connectivity index (χ2v) is 3.59. The Kier molecular flexibility index (Phi) is 3.00. The Balaban J connectivity index is 2.21. The number of rotatable bonds is 3. The summed E-state index contributed by atoms with van der Waals surface area (Å²) in [6.07, 6.45) is 3.38. The van der Waals surface area contributed by atoms with Crippen LogP contribution in [0.25, 0.3) is 0 Å². The standard InChI is InChI=1S/C12H11N3O2/c1-8-6-13-12(14-7-8)15-10-4-2-3-9(5-10)11(16)17/h2-7H,1H3,(H,16,17)(H,13,14,15). The second kappa shape index (κ2) is 4.61. The molecule has 5 heteroatoms. The molecule has 2 N–H and O–H groups in total. The number of carboxylic acids is 1. The van der Waals surface area contributed by atoms with Crippen LogP contribution in [-0.4, -0.2) is 21.0 Å². The summed E-state index contributed by atoms with van der Waals surface area (Å²) in [6.45, 7) is 1.90. The van der Waals surface area contributed by atoms with Crippen LogP contribution in [0.1, 0.15) is 15.9 Å². The van der Waals surface area contributed by atoms with Crippen LogP contribution in [0, 0.1) is 6.92 Å². The summed E-state index contributed by atoms with van der Waals surface area (Å²) in [5.41, 5.74) is 1.84. The third-order valence-corrected chi connectivity index (χ3v) is 2.15. The molecule has 0 saturated carbocycles. The number of hydrogen-bond donors (Lipinski definition) is 2. The number of benzene rings is 1. The minimum atomic E-state index is -0.960. The van der Waals surface area contributed by atoms with Gasteiger partial charge in [0, 0.05) is 18.1 Å². The zero-order chi connectivity index (χ0) is 12.3. The van der Waals surface area contributed by atoms with Crippen molar-refractivity contribution in [3.8, 4) is 0 Å². The molecule has 1 heterocycles. The van der Waals surface area contributed by atoms with Crippen LogP contribution in [0.4, 0.5) is 11.6 Å². The van der Waals surface area contributed by atoms with Gasteiger partial charge in [-0.15, -0.1) is 0 Å². The Hall–Kier alpha value is -2.43. The van der Waals surface area contributed by atoms with Crippen molar-refractivity contribution in [3.63, 3.8) is 0 Å². The van der Waals surface area contributed by atoms with Gasteiger partial charge in [-0.3, -0.25) is 0 Å². The molecule has 2 rings (SSSR count). The quantitative estimate of drug-likeness (QED) is 0.844. The molecule has 0 saturated heterocycles. The van der Waals surface area contributed by atoms with Gasteiger partial charge in [0.15, 0.2) is 0 Å². The molecule has 5 nitrogen and oxygen atoms in total. The predicted molar refractivity (Wildman–Crippen MR) is 63.5 cm³/mol. The van der Waals surface area contributed by atoms with Gasteiger partial charge < -0.3 is 10.4 Å². The van der Waals surface area contributed by atoms with E-state index in [9.17, 15) is 4.79 Å². The number of hydrogen-bond acceptors (Lipinski definition) is 4. The molecule has 86 valence electrons. The fourth-order valence-corrected chi connectivity index (χ4v) is 1.32. The van der Waals surface area contributed by atoms with Crippen molar-refractivity contribution in [3.05, 3.63) is 47.8 Å². The number of anilines is 2. The van der Waals surface area contributed by atoms with Crippen LogP contribution >= 0.6 is 0 Å². The zero-order valence-corrected chi connectivity index (χ0v) is 9.21. The maximum atomic E-state index is 10.8. The Morgan fingerprint density at radius 2 is 2.00 bits per heavy atom. The van der Waals surface area contributed by atoms with Crippen molar-refractivity contribution in [2.75, 3.05) is 5.32 Å². The van der Waals surface area contributed by atoms with E-state index in [4.69, 9.17) is 5.11 Å². The molecule has 17 heavy (non-hydrogen) atoms. The van der Waals surface area contributed by atoms with Crippen LogP contribution in [-0.2, 0) is 0 Å². The first kappa shape index (κ1) is 11.1. The summed E-state index contributed by atoms with van der Waals surface area (Å²) in [4.78, 5) is 18.9. The molecule has 0 bridgehead atoms. The SMILES string of the molecule is Cc1cnc(Nc2cccc(C(=O)O)c2)nc1. The van der Waals surface area contributed by atoms with Crippen molar-refractivity contribution < 1.29 is 9.90 Å². The van der Waals surface area contributed by atoms with Crippen LogP contribution in [0.3, 0.4) is 0 Å². The number of aromatic nitrogens is 2. The normalized spacial score (nSPS) is 9.94. The van der Waals surface area contributed by atoms with E-state index in [1.54, 1.807) is 24.5 Å². The summed E-state index contributed by atoms with van der Waals surface area (Å²) in [6, 6.07) is 6.49. The third kappa shape index (κ3) is 2.78. The summed E-state index contributed by atoms with van der Waals surface area (Å²) in [5, 5.41) is 11.8. The van der Waals surface area contributed by atoms with Crippen LogP contribution in [0.5, 0.6) is 0 Å². The van der Waals surface area contributed by atoms with Crippen LogP contribution in [0.15, 0.2) is 36.7 Å². The van der Waals surface area contributed by atoms with Gasteiger partial charge >= 0.3 is 5.97 Å². The van der Waals surface area contributed by atoms with Gasteiger partial charge in [-0.05, 0) is 30.7 Å². The Morgan fingerprint density at radius 1 is 1.29 bits per heavy atom. The van der Waals surface area contributed by atoms with Crippen molar-refractivity contribution in [2.45, 2.75) is 6.92 Å². The van der Waals surface area contributed by atoms with Gasteiger partial charge in [-0.2, -0.15) is 0 Å². The van der Waals surface area contributed by atoms with Gasteiger partial charge in [0.1, 0.15) is 0 Å². The summed E-state index contributed by atoms with van der Waals surface area (Å²) < 4.78 is 0. The van der Waals surface area contributed by atoms with Gasteiger partial charge in [0.25, 0.3) is 0 Å². The topological polar surface area (TPSA) is 75.1 Å². The number of nitrogens with zero attached hydrogens (tertiary/aromatic N) is 2. The highest BCUT2D eigenvalue weighted by Gasteiger charge is 2.03. The highest BCUT2D eigenvalue weighted by Crippen LogP contribution is 2.14. The minimum Gasteiger partial charge on any atom is -0.478 e. The summed E-state index contributed by atoms with van der Waals surface area (Å²) in [7, 11) is 0. The Bertz CT molecular complexity index is 538. The smallest absolute Gasteiger partial charge is 0.335 e. The van der Waals surface area contributed by atoms with Crippen molar-refractivity contribution in [1.29, 1.82) is 0 Å². The lowest BCUT2D eigenvalue weighted by atomic mass is 10.2. The molecule has 0 amide bonds. The van der Waals surface area contributed by atoms with E-state index >= 15 is 0 Å². The summed E-state index contributed by atoms with van der Waals surface area (Å²) >= 11 is 0. The lowest BCUT2D eigenvalue weighted by molar-refractivity contribution is 0.0697. The zero-order valence-electron chi connectivity index (χ0n) is 9.21. The van der Waals surface area contributed by atoms with Gasteiger partial charge in [0.2, 0.25) is 5.95 Å². The average molecular weight is 229 g/mol. The summed E-state index contributed by atoms with van der Waals surface area (Å²) in [5.74, 6) is -0.517. The number of carboxylic acid groups (broad SMARTS) is 1. The molecular formula is C12H11N3O2. The van der Waals surface area contributed by atoms with E-state index < -0.39 is 5.97 Å². The maximum Gasteiger partial charge on any atom is 0.335 e.